The first kappa shape index (κ1) is 15.3. The van der Waals surface area contributed by atoms with E-state index in [1.54, 1.807) is 14.2 Å². The zero-order valence-corrected chi connectivity index (χ0v) is 11.9. The Balaban J connectivity index is 2.55. The quantitative estimate of drug-likeness (QED) is 0.763. The molecule has 0 heterocycles. The average Bonchev–Trinajstić information content (AvgIpc) is 2.37. The first-order valence-corrected chi connectivity index (χ1v) is 6.16. The first-order valence-electron chi connectivity index (χ1n) is 6.16. The normalized spacial score (nSPS) is 11.8. The third-order valence-corrected chi connectivity index (χ3v) is 2.60. The highest BCUT2D eigenvalue weighted by molar-refractivity contribution is 5.66. The number of hydrogen-bond donors (Lipinski definition) is 1. The van der Waals surface area contributed by atoms with Crippen molar-refractivity contribution < 1.29 is 19.0 Å². The van der Waals surface area contributed by atoms with E-state index in [1.165, 1.54) is 6.92 Å². The summed E-state index contributed by atoms with van der Waals surface area (Å²) in [6.07, 6.45) is -0.158. The Labute approximate surface area is 113 Å². The molecule has 1 atom stereocenters. The van der Waals surface area contributed by atoms with Gasteiger partial charge in [0.05, 0.1) is 14.2 Å². The van der Waals surface area contributed by atoms with E-state index in [9.17, 15) is 4.79 Å². The predicted molar refractivity (Wildman–Crippen MR) is 72.5 cm³/mol. The minimum Gasteiger partial charge on any atom is -0.493 e. The van der Waals surface area contributed by atoms with Crippen LogP contribution in [0.5, 0.6) is 11.5 Å². The minimum absolute atomic E-state index is 0.158. The van der Waals surface area contributed by atoms with Gasteiger partial charge in [-0.15, -0.1) is 0 Å². The van der Waals surface area contributed by atoms with Crippen LogP contribution in [-0.4, -0.2) is 32.8 Å². The summed E-state index contributed by atoms with van der Waals surface area (Å²) in [6, 6.07) is 5.72. The molecule has 0 aliphatic rings. The van der Waals surface area contributed by atoms with Gasteiger partial charge in [0.1, 0.15) is 6.10 Å². The van der Waals surface area contributed by atoms with Gasteiger partial charge in [-0.3, -0.25) is 4.79 Å². The molecule has 1 N–H and O–H groups in total. The Bertz CT molecular complexity index is 420. The van der Waals surface area contributed by atoms with Crippen molar-refractivity contribution in [1.82, 2.24) is 5.32 Å². The van der Waals surface area contributed by atoms with Gasteiger partial charge in [-0.25, -0.2) is 0 Å². The van der Waals surface area contributed by atoms with Crippen molar-refractivity contribution >= 4 is 5.97 Å². The lowest BCUT2D eigenvalue weighted by Gasteiger charge is -2.15. The summed E-state index contributed by atoms with van der Waals surface area (Å²) in [4.78, 5) is 10.8. The number of methoxy groups -OCH3 is 2. The second-order valence-corrected chi connectivity index (χ2v) is 4.20. The van der Waals surface area contributed by atoms with Crippen LogP contribution in [0, 0.1) is 0 Å². The number of nitrogens with one attached hydrogen (secondary N) is 1. The maximum atomic E-state index is 10.8. The number of hydrogen-bond acceptors (Lipinski definition) is 5. The molecule has 1 rings (SSSR count). The maximum absolute atomic E-state index is 10.8. The molecule has 0 aromatic heterocycles. The highest BCUT2D eigenvalue weighted by Gasteiger charge is 2.10. The summed E-state index contributed by atoms with van der Waals surface area (Å²) in [5.41, 5.74) is 0.997. The lowest BCUT2D eigenvalue weighted by Crippen LogP contribution is -2.28. The van der Waals surface area contributed by atoms with Gasteiger partial charge in [-0.05, 0) is 13.0 Å². The second kappa shape index (κ2) is 7.63. The largest absolute Gasteiger partial charge is 0.493 e. The van der Waals surface area contributed by atoms with E-state index in [0.29, 0.717) is 18.8 Å². The van der Waals surface area contributed by atoms with Crippen molar-refractivity contribution in [3.05, 3.63) is 23.8 Å². The number of rotatable bonds is 7. The molecule has 0 spiro atoms. The summed E-state index contributed by atoms with van der Waals surface area (Å²) in [7, 11) is 3.22. The van der Waals surface area contributed by atoms with Gasteiger partial charge < -0.3 is 19.5 Å². The van der Waals surface area contributed by atoms with Gasteiger partial charge >= 0.3 is 5.97 Å². The van der Waals surface area contributed by atoms with Crippen LogP contribution in [0.2, 0.25) is 0 Å². The summed E-state index contributed by atoms with van der Waals surface area (Å²) in [5.74, 6) is 1.15. The van der Waals surface area contributed by atoms with E-state index in [4.69, 9.17) is 14.2 Å². The van der Waals surface area contributed by atoms with Gasteiger partial charge in [0.25, 0.3) is 0 Å². The molecule has 0 saturated heterocycles. The van der Waals surface area contributed by atoms with Gasteiger partial charge in [0.2, 0.25) is 0 Å². The topological polar surface area (TPSA) is 56.8 Å². The van der Waals surface area contributed by atoms with Gasteiger partial charge in [0.15, 0.2) is 11.5 Å². The predicted octanol–water partition coefficient (Wildman–Crippen LogP) is 1.74. The Hall–Kier alpha value is -1.75. The molecular weight excluding hydrogens is 246 g/mol. The molecule has 0 radical (unpaired) electrons. The molecule has 1 aromatic carbocycles. The highest BCUT2D eigenvalue weighted by atomic mass is 16.5. The summed E-state index contributed by atoms with van der Waals surface area (Å²) in [5, 5.41) is 3.22. The van der Waals surface area contributed by atoms with Crippen LogP contribution in [0.4, 0.5) is 0 Å². The SMILES string of the molecule is COc1cccc(CNCC(C)OC(C)=O)c1OC. The molecule has 0 bridgehead atoms. The van der Waals surface area contributed by atoms with Crippen LogP contribution in [0.25, 0.3) is 0 Å². The van der Waals surface area contributed by atoms with E-state index in [-0.39, 0.29) is 12.1 Å². The van der Waals surface area contributed by atoms with E-state index < -0.39 is 0 Å². The number of esters is 1. The standard InChI is InChI=1S/C14H21NO4/c1-10(19-11(2)16)8-15-9-12-6-5-7-13(17-3)14(12)18-4/h5-7,10,15H,8-9H2,1-4H3. The highest BCUT2D eigenvalue weighted by Crippen LogP contribution is 2.30. The number of carbonyl (C=O) groups excluding carboxylic acids is 1. The first-order chi connectivity index (χ1) is 9.08. The number of benzene rings is 1. The van der Waals surface area contributed by atoms with Crippen LogP contribution in [-0.2, 0) is 16.1 Å². The van der Waals surface area contributed by atoms with Gasteiger partial charge in [-0.2, -0.15) is 0 Å². The Morgan fingerprint density at radius 3 is 2.63 bits per heavy atom. The van der Waals surface area contributed by atoms with Crippen molar-refractivity contribution in [2.45, 2.75) is 26.5 Å². The van der Waals surface area contributed by atoms with E-state index >= 15 is 0 Å². The third kappa shape index (κ3) is 4.79. The van der Waals surface area contributed by atoms with Crippen LogP contribution in [0.3, 0.4) is 0 Å². The fourth-order valence-corrected chi connectivity index (χ4v) is 1.83. The van der Waals surface area contributed by atoms with Gasteiger partial charge in [-0.1, -0.05) is 12.1 Å². The smallest absolute Gasteiger partial charge is 0.302 e. The monoisotopic (exact) mass is 267 g/mol. The molecule has 1 aromatic rings. The van der Waals surface area contributed by atoms with Gasteiger partial charge in [0, 0.05) is 25.6 Å². The molecular formula is C14H21NO4. The number of ether oxygens (including phenoxy) is 3. The van der Waals surface area contributed by atoms with Crippen molar-refractivity contribution in [3.8, 4) is 11.5 Å². The maximum Gasteiger partial charge on any atom is 0.302 e. The Kier molecular flexibility index (Phi) is 6.15. The zero-order valence-electron chi connectivity index (χ0n) is 11.9. The minimum atomic E-state index is -0.270. The summed E-state index contributed by atoms with van der Waals surface area (Å²) in [6.45, 7) is 4.45. The molecule has 106 valence electrons. The molecule has 5 heteroatoms. The molecule has 0 saturated carbocycles. The number of carbonyl (C=O) groups is 1. The van der Waals surface area contributed by atoms with Crippen LogP contribution in [0.1, 0.15) is 19.4 Å². The Morgan fingerprint density at radius 1 is 1.32 bits per heavy atom. The molecule has 0 amide bonds. The molecule has 0 fully saturated rings. The lowest BCUT2D eigenvalue weighted by atomic mass is 10.2. The van der Waals surface area contributed by atoms with Crippen molar-refractivity contribution in [2.24, 2.45) is 0 Å². The van der Waals surface area contributed by atoms with Crippen molar-refractivity contribution in [2.75, 3.05) is 20.8 Å². The molecule has 0 aliphatic carbocycles. The third-order valence-electron chi connectivity index (χ3n) is 2.60. The van der Waals surface area contributed by atoms with Crippen LogP contribution < -0.4 is 14.8 Å². The average molecular weight is 267 g/mol. The molecule has 5 nitrogen and oxygen atoms in total. The van der Waals surface area contributed by atoms with Crippen LogP contribution in [0.15, 0.2) is 18.2 Å². The number of para-hydroxylation sites is 1. The zero-order chi connectivity index (χ0) is 14.3. The van der Waals surface area contributed by atoms with Crippen molar-refractivity contribution in [3.63, 3.8) is 0 Å². The van der Waals surface area contributed by atoms with E-state index in [0.717, 1.165) is 11.3 Å². The fourth-order valence-electron chi connectivity index (χ4n) is 1.83. The van der Waals surface area contributed by atoms with Crippen LogP contribution >= 0.6 is 0 Å². The van der Waals surface area contributed by atoms with E-state index in [1.807, 2.05) is 25.1 Å². The summed E-state index contributed by atoms with van der Waals surface area (Å²) < 4.78 is 15.6. The molecule has 0 aliphatic heterocycles. The Morgan fingerprint density at radius 2 is 2.05 bits per heavy atom. The lowest BCUT2D eigenvalue weighted by molar-refractivity contribution is -0.145. The fraction of sp³-hybridized carbons (Fsp3) is 0.500. The van der Waals surface area contributed by atoms with E-state index in [2.05, 4.69) is 5.32 Å². The van der Waals surface area contributed by atoms with Crippen molar-refractivity contribution in [1.29, 1.82) is 0 Å². The molecule has 19 heavy (non-hydrogen) atoms. The summed E-state index contributed by atoms with van der Waals surface area (Å²) >= 11 is 0. The molecule has 1 unspecified atom stereocenters. The second-order valence-electron chi connectivity index (χ2n) is 4.20.